The zero-order valence-corrected chi connectivity index (χ0v) is 20.8. The van der Waals surface area contributed by atoms with Crippen LogP contribution in [0.3, 0.4) is 0 Å². The van der Waals surface area contributed by atoms with Gasteiger partial charge in [0.25, 0.3) is 0 Å². The minimum atomic E-state index is 0.196. The molecule has 0 spiro atoms. The standard InChI is InChI=1S/2C13H23N/c2*1-9-8-10(12(2,3)4)11(14-9)13(5,6)7/h2*14H,1,8H2,2-7H3. The second-order valence-electron chi connectivity index (χ2n) is 12.5. The van der Waals surface area contributed by atoms with Crippen molar-refractivity contribution in [3.05, 3.63) is 47.1 Å². The predicted molar refractivity (Wildman–Crippen MR) is 126 cm³/mol. The van der Waals surface area contributed by atoms with Gasteiger partial charge in [0.1, 0.15) is 0 Å². The molecule has 0 aromatic carbocycles. The molecule has 0 atom stereocenters. The van der Waals surface area contributed by atoms with Crippen LogP contribution in [-0.4, -0.2) is 0 Å². The molecule has 2 aliphatic heterocycles. The Morgan fingerprint density at radius 2 is 0.750 bits per heavy atom. The first kappa shape index (κ1) is 24.6. The lowest BCUT2D eigenvalue weighted by Crippen LogP contribution is -2.22. The minimum absolute atomic E-state index is 0.196. The van der Waals surface area contributed by atoms with E-state index >= 15 is 0 Å². The predicted octanol–water partition coefficient (Wildman–Crippen LogP) is 7.68. The molecule has 0 unspecified atom stereocenters. The van der Waals surface area contributed by atoms with Crippen LogP contribution in [-0.2, 0) is 0 Å². The highest BCUT2D eigenvalue weighted by Crippen LogP contribution is 2.43. The fourth-order valence-electron chi connectivity index (χ4n) is 3.76. The Bertz CT molecular complexity index is 569. The van der Waals surface area contributed by atoms with E-state index in [-0.39, 0.29) is 21.7 Å². The maximum atomic E-state index is 4.03. The zero-order valence-electron chi connectivity index (χ0n) is 20.8. The second-order valence-corrected chi connectivity index (χ2v) is 12.5. The van der Waals surface area contributed by atoms with E-state index in [9.17, 15) is 0 Å². The van der Waals surface area contributed by atoms with Crippen LogP contribution in [0.15, 0.2) is 47.1 Å². The van der Waals surface area contributed by atoms with Gasteiger partial charge < -0.3 is 10.6 Å². The summed E-state index contributed by atoms with van der Waals surface area (Å²) < 4.78 is 0. The van der Waals surface area contributed by atoms with Gasteiger partial charge in [-0.2, -0.15) is 0 Å². The molecule has 28 heavy (non-hydrogen) atoms. The molecule has 2 nitrogen and oxygen atoms in total. The molecule has 0 aliphatic carbocycles. The molecule has 2 aliphatic rings. The highest BCUT2D eigenvalue weighted by Gasteiger charge is 2.33. The molecule has 0 fully saturated rings. The van der Waals surface area contributed by atoms with Crippen molar-refractivity contribution in [2.45, 2.75) is 95.9 Å². The van der Waals surface area contributed by atoms with E-state index in [1.54, 1.807) is 0 Å². The molecule has 2 heterocycles. The summed E-state index contributed by atoms with van der Waals surface area (Å²) in [4.78, 5) is 0. The van der Waals surface area contributed by atoms with Crippen molar-refractivity contribution in [1.82, 2.24) is 10.6 Å². The summed E-state index contributed by atoms with van der Waals surface area (Å²) in [5.41, 5.74) is 8.92. The summed E-state index contributed by atoms with van der Waals surface area (Å²) >= 11 is 0. The molecule has 2 rings (SSSR count). The van der Waals surface area contributed by atoms with Gasteiger partial charge in [-0.1, -0.05) is 96.2 Å². The first-order valence-electron chi connectivity index (χ1n) is 10.6. The van der Waals surface area contributed by atoms with E-state index < -0.39 is 0 Å². The molecule has 0 saturated heterocycles. The van der Waals surface area contributed by atoms with E-state index in [0.717, 1.165) is 24.2 Å². The van der Waals surface area contributed by atoms with Gasteiger partial charge in [0.05, 0.1) is 0 Å². The summed E-state index contributed by atoms with van der Waals surface area (Å²) in [6.45, 7) is 35.2. The van der Waals surface area contributed by atoms with Crippen LogP contribution in [0.4, 0.5) is 0 Å². The Labute approximate surface area is 175 Å². The van der Waals surface area contributed by atoms with Gasteiger partial charge in [-0.3, -0.25) is 0 Å². The average Bonchev–Trinajstić information content (AvgIpc) is 3.00. The smallest absolute Gasteiger partial charge is 0.0204 e. The third-order valence-corrected chi connectivity index (χ3v) is 5.30. The Balaban J connectivity index is 0.000000280. The number of rotatable bonds is 0. The van der Waals surface area contributed by atoms with Crippen LogP contribution in [0, 0.1) is 21.7 Å². The molecule has 0 aromatic heterocycles. The molecule has 160 valence electrons. The molecule has 0 bridgehead atoms. The third kappa shape index (κ3) is 6.29. The number of nitrogens with one attached hydrogen (secondary N) is 2. The molecule has 0 amide bonds. The quantitative estimate of drug-likeness (QED) is 0.446. The molecule has 0 aromatic rings. The van der Waals surface area contributed by atoms with Crippen LogP contribution < -0.4 is 10.6 Å². The van der Waals surface area contributed by atoms with Crippen LogP contribution in [0.25, 0.3) is 0 Å². The lowest BCUT2D eigenvalue weighted by Gasteiger charge is -2.28. The van der Waals surface area contributed by atoms with Crippen molar-refractivity contribution in [2.24, 2.45) is 21.7 Å². The maximum absolute atomic E-state index is 4.03. The van der Waals surface area contributed by atoms with Gasteiger partial charge >= 0.3 is 0 Å². The fourth-order valence-corrected chi connectivity index (χ4v) is 3.76. The van der Waals surface area contributed by atoms with E-state index in [1.807, 2.05) is 0 Å². The fraction of sp³-hybridized carbons (Fsp3) is 0.692. The summed E-state index contributed by atoms with van der Waals surface area (Å²) in [7, 11) is 0. The Morgan fingerprint density at radius 3 is 0.893 bits per heavy atom. The van der Waals surface area contributed by atoms with E-state index in [0.29, 0.717) is 0 Å². The Hall–Kier alpha value is -1.44. The highest BCUT2D eigenvalue weighted by molar-refractivity contribution is 5.36. The minimum Gasteiger partial charge on any atom is -0.362 e. The van der Waals surface area contributed by atoms with Crippen molar-refractivity contribution in [1.29, 1.82) is 0 Å². The summed E-state index contributed by atoms with van der Waals surface area (Å²) in [6, 6.07) is 0. The average molecular weight is 387 g/mol. The molecule has 0 saturated carbocycles. The molecular formula is C26H46N2. The van der Waals surface area contributed by atoms with Gasteiger partial charge in [-0.05, 0) is 22.0 Å². The van der Waals surface area contributed by atoms with Gasteiger partial charge in [-0.25, -0.2) is 0 Å². The van der Waals surface area contributed by atoms with Crippen molar-refractivity contribution < 1.29 is 0 Å². The summed E-state index contributed by atoms with van der Waals surface area (Å²) in [5, 5.41) is 6.87. The molecule has 2 heteroatoms. The highest BCUT2D eigenvalue weighted by atomic mass is 15.0. The zero-order chi connectivity index (χ0) is 22.3. The van der Waals surface area contributed by atoms with Crippen LogP contribution in [0.2, 0.25) is 0 Å². The monoisotopic (exact) mass is 386 g/mol. The Kier molecular flexibility index (Phi) is 6.82. The normalized spacial score (nSPS) is 18.9. The molecule has 2 N–H and O–H groups in total. The first-order valence-corrected chi connectivity index (χ1v) is 10.6. The molecule has 0 radical (unpaired) electrons. The van der Waals surface area contributed by atoms with Crippen molar-refractivity contribution in [2.75, 3.05) is 0 Å². The van der Waals surface area contributed by atoms with Crippen molar-refractivity contribution in [3.63, 3.8) is 0 Å². The molecular weight excluding hydrogens is 340 g/mol. The van der Waals surface area contributed by atoms with Gasteiger partial charge in [0, 0.05) is 46.5 Å². The van der Waals surface area contributed by atoms with Crippen molar-refractivity contribution >= 4 is 0 Å². The SMILES string of the molecule is C=C1CC(C(C)(C)C)=C(C(C)(C)C)N1.C=C1CC(C(C)(C)C)=C(C(C)(C)C)N1. The number of allylic oxidation sites excluding steroid dienone is 4. The van der Waals surface area contributed by atoms with Gasteiger partial charge in [0.2, 0.25) is 0 Å². The van der Waals surface area contributed by atoms with Gasteiger partial charge in [0.15, 0.2) is 0 Å². The number of hydrogen-bond donors (Lipinski definition) is 2. The van der Waals surface area contributed by atoms with Crippen LogP contribution >= 0.6 is 0 Å². The first-order chi connectivity index (χ1) is 12.2. The maximum Gasteiger partial charge on any atom is 0.0204 e. The van der Waals surface area contributed by atoms with E-state index in [1.165, 1.54) is 22.5 Å². The van der Waals surface area contributed by atoms with Crippen LogP contribution in [0.5, 0.6) is 0 Å². The van der Waals surface area contributed by atoms with Crippen molar-refractivity contribution in [3.8, 4) is 0 Å². The summed E-state index contributed by atoms with van der Waals surface area (Å²) in [5.74, 6) is 0. The topological polar surface area (TPSA) is 24.1 Å². The van der Waals surface area contributed by atoms with Crippen LogP contribution in [0.1, 0.15) is 95.9 Å². The lowest BCUT2D eigenvalue weighted by molar-refractivity contribution is 0.437. The largest absolute Gasteiger partial charge is 0.362 e. The second kappa shape index (κ2) is 7.76. The number of hydrogen-bond acceptors (Lipinski definition) is 2. The summed E-state index contributed by atoms with van der Waals surface area (Å²) in [6.07, 6.45) is 2.02. The third-order valence-electron chi connectivity index (χ3n) is 5.30. The van der Waals surface area contributed by atoms with E-state index in [4.69, 9.17) is 0 Å². The lowest BCUT2D eigenvalue weighted by atomic mass is 9.79. The van der Waals surface area contributed by atoms with Gasteiger partial charge in [-0.15, -0.1) is 0 Å². The van der Waals surface area contributed by atoms with E-state index in [2.05, 4.69) is 107 Å². The Morgan fingerprint density at radius 1 is 0.500 bits per heavy atom.